The van der Waals surface area contributed by atoms with E-state index in [1.54, 1.807) is 6.20 Å². The van der Waals surface area contributed by atoms with E-state index in [1.165, 1.54) is 0 Å². The quantitative estimate of drug-likeness (QED) is 0.722. The maximum atomic E-state index is 11.4. The van der Waals surface area contributed by atoms with Gasteiger partial charge in [-0.2, -0.15) is 0 Å². The van der Waals surface area contributed by atoms with Gasteiger partial charge in [-0.05, 0) is 29.7 Å². The summed E-state index contributed by atoms with van der Waals surface area (Å²) in [6.07, 6.45) is 0.246. The van der Waals surface area contributed by atoms with Crippen molar-refractivity contribution in [1.29, 1.82) is 0 Å². The monoisotopic (exact) mass is 347 g/mol. The van der Waals surface area contributed by atoms with Gasteiger partial charge in [0.15, 0.2) is 6.10 Å². The maximum absolute atomic E-state index is 11.4. The highest BCUT2D eigenvalue weighted by atomic mass is 16.6. The molecular formula is C21H21N3O2. The molecule has 1 atom stereocenters. The highest BCUT2D eigenvalue weighted by Gasteiger charge is 2.21. The minimum atomic E-state index is -0.837. The molecule has 1 aromatic heterocycles. The van der Waals surface area contributed by atoms with E-state index in [0.717, 1.165) is 27.9 Å². The highest BCUT2D eigenvalue weighted by Crippen LogP contribution is 2.34. The van der Waals surface area contributed by atoms with Gasteiger partial charge >= 0.3 is 6.09 Å². The third-order valence-corrected chi connectivity index (χ3v) is 4.23. The number of nitrogens with two attached hydrogens (primary N) is 1. The molecule has 2 aromatic carbocycles. The number of carbonyl (C=O) groups is 1. The van der Waals surface area contributed by atoms with Crippen molar-refractivity contribution in [1.82, 2.24) is 4.98 Å². The third kappa shape index (κ3) is 3.67. The molecular weight excluding hydrogens is 326 g/mol. The minimum absolute atomic E-state index is 0.618. The number of rotatable bonds is 5. The van der Waals surface area contributed by atoms with Crippen LogP contribution >= 0.6 is 0 Å². The SMILES string of the molecule is CNc1cnc(C(OC(N)=O)c2ccccc2)cc1-c1ccccc1C. The standard InChI is InChI=1S/C21H21N3O2/c1-14-8-6-7-11-16(14)17-12-18(24-13-19(17)23-2)20(26-21(22)25)15-9-4-3-5-10-15/h3-13,20,23H,1-2H3,(H2,22,25). The number of aromatic nitrogens is 1. The second kappa shape index (κ2) is 7.70. The Hall–Kier alpha value is -3.34. The van der Waals surface area contributed by atoms with E-state index in [4.69, 9.17) is 10.5 Å². The fourth-order valence-corrected chi connectivity index (χ4v) is 2.96. The van der Waals surface area contributed by atoms with Gasteiger partial charge in [0.1, 0.15) is 0 Å². The number of nitrogens with one attached hydrogen (secondary N) is 1. The number of pyridine rings is 1. The van der Waals surface area contributed by atoms with Crippen LogP contribution in [0.25, 0.3) is 11.1 Å². The molecule has 26 heavy (non-hydrogen) atoms. The molecule has 0 aliphatic heterocycles. The number of carbonyl (C=O) groups excluding carboxylic acids is 1. The summed E-state index contributed by atoms with van der Waals surface area (Å²) < 4.78 is 5.37. The Morgan fingerprint density at radius 2 is 1.77 bits per heavy atom. The van der Waals surface area contributed by atoms with E-state index in [0.29, 0.717) is 5.69 Å². The molecule has 1 unspecified atom stereocenters. The average molecular weight is 347 g/mol. The van der Waals surface area contributed by atoms with Crippen molar-refractivity contribution in [3.63, 3.8) is 0 Å². The van der Waals surface area contributed by atoms with Gasteiger partial charge in [0.05, 0.1) is 17.6 Å². The van der Waals surface area contributed by atoms with Crippen LogP contribution in [-0.2, 0) is 4.74 Å². The van der Waals surface area contributed by atoms with Crippen molar-refractivity contribution in [3.8, 4) is 11.1 Å². The summed E-state index contributed by atoms with van der Waals surface area (Å²) in [6.45, 7) is 2.06. The molecule has 5 heteroatoms. The van der Waals surface area contributed by atoms with Gasteiger partial charge in [-0.1, -0.05) is 54.6 Å². The molecule has 5 nitrogen and oxygen atoms in total. The van der Waals surface area contributed by atoms with Crippen LogP contribution in [0.15, 0.2) is 66.9 Å². The molecule has 3 N–H and O–H groups in total. The summed E-state index contributed by atoms with van der Waals surface area (Å²) in [4.78, 5) is 15.9. The number of hydrogen-bond donors (Lipinski definition) is 2. The van der Waals surface area contributed by atoms with Gasteiger partial charge in [0.25, 0.3) is 0 Å². The first kappa shape index (κ1) is 17.5. The predicted molar refractivity (Wildman–Crippen MR) is 103 cm³/mol. The molecule has 0 radical (unpaired) electrons. The van der Waals surface area contributed by atoms with E-state index < -0.39 is 12.2 Å². The molecule has 1 amide bonds. The van der Waals surface area contributed by atoms with Gasteiger partial charge in [0, 0.05) is 12.6 Å². The summed E-state index contributed by atoms with van der Waals surface area (Å²) >= 11 is 0. The molecule has 0 aliphatic carbocycles. The van der Waals surface area contributed by atoms with E-state index in [1.807, 2.05) is 55.6 Å². The number of primary amides is 1. The van der Waals surface area contributed by atoms with Crippen LogP contribution < -0.4 is 11.1 Å². The van der Waals surface area contributed by atoms with Crippen LogP contribution in [-0.4, -0.2) is 18.1 Å². The number of anilines is 1. The van der Waals surface area contributed by atoms with E-state index in [2.05, 4.69) is 29.4 Å². The number of hydrogen-bond acceptors (Lipinski definition) is 4. The van der Waals surface area contributed by atoms with Gasteiger partial charge in [0.2, 0.25) is 0 Å². The van der Waals surface area contributed by atoms with Crippen molar-refractivity contribution in [3.05, 3.63) is 83.7 Å². The molecule has 0 bridgehead atoms. The molecule has 3 rings (SSSR count). The average Bonchev–Trinajstić information content (AvgIpc) is 2.66. The van der Waals surface area contributed by atoms with Crippen LogP contribution in [0.3, 0.4) is 0 Å². The molecule has 3 aromatic rings. The zero-order chi connectivity index (χ0) is 18.5. The Kier molecular flexibility index (Phi) is 5.17. The Morgan fingerprint density at radius 3 is 2.42 bits per heavy atom. The number of nitrogens with zero attached hydrogens (tertiary/aromatic N) is 1. The Labute approximate surface area is 152 Å². The summed E-state index contributed by atoms with van der Waals surface area (Å²) in [5.74, 6) is 0. The topological polar surface area (TPSA) is 77.2 Å². The first-order valence-electron chi connectivity index (χ1n) is 8.35. The Bertz CT molecular complexity index is 910. The van der Waals surface area contributed by atoms with Crippen LogP contribution in [0, 0.1) is 6.92 Å². The molecule has 0 saturated carbocycles. The van der Waals surface area contributed by atoms with Crippen molar-refractivity contribution in [2.75, 3.05) is 12.4 Å². The van der Waals surface area contributed by atoms with Gasteiger partial charge in [-0.25, -0.2) is 4.79 Å². The normalized spacial score (nSPS) is 11.6. The number of benzene rings is 2. The van der Waals surface area contributed by atoms with Crippen molar-refractivity contribution >= 4 is 11.8 Å². The van der Waals surface area contributed by atoms with Gasteiger partial charge in [-0.3, -0.25) is 4.98 Å². The summed E-state index contributed by atoms with van der Waals surface area (Å²) in [5, 5.41) is 3.17. The number of amides is 1. The molecule has 0 spiro atoms. The lowest BCUT2D eigenvalue weighted by atomic mass is 9.97. The lowest BCUT2D eigenvalue weighted by Crippen LogP contribution is -2.19. The lowest BCUT2D eigenvalue weighted by molar-refractivity contribution is 0.124. The number of ether oxygens (including phenoxy) is 1. The van der Waals surface area contributed by atoms with E-state index in [9.17, 15) is 4.79 Å². The predicted octanol–water partition coefficient (Wildman–Crippen LogP) is 4.28. The second-order valence-corrected chi connectivity index (χ2v) is 5.95. The molecule has 132 valence electrons. The van der Waals surface area contributed by atoms with Gasteiger partial charge in [-0.15, -0.1) is 0 Å². The molecule has 1 heterocycles. The minimum Gasteiger partial charge on any atom is -0.435 e. The van der Waals surface area contributed by atoms with Crippen molar-refractivity contribution < 1.29 is 9.53 Å². The lowest BCUT2D eigenvalue weighted by Gasteiger charge is -2.19. The first-order valence-corrected chi connectivity index (χ1v) is 8.35. The smallest absolute Gasteiger partial charge is 0.405 e. The number of aryl methyl sites for hydroxylation is 1. The van der Waals surface area contributed by atoms with E-state index >= 15 is 0 Å². The zero-order valence-corrected chi connectivity index (χ0v) is 14.8. The fraction of sp³-hybridized carbons (Fsp3) is 0.143. The molecule has 0 fully saturated rings. The Morgan fingerprint density at radius 1 is 1.08 bits per heavy atom. The highest BCUT2D eigenvalue weighted by molar-refractivity contribution is 5.79. The molecule has 0 saturated heterocycles. The summed E-state index contributed by atoms with van der Waals surface area (Å²) in [5.41, 5.74) is 10.8. The second-order valence-electron chi connectivity index (χ2n) is 5.95. The van der Waals surface area contributed by atoms with Crippen LogP contribution in [0.4, 0.5) is 10.5 Å². The first-order chi connectivity index (χ1) is 12.6. The van der Waals surface area contributed by atoms with Crippen molar-refractivity contribution in [2.45, 2.75) is 13.0 Å². The Balaban J connectivity index is 2.13. The summed E-state index contributed by atoms with van der Waals surface area (Å²) in [7, 11) is 1.85. The van der Waals surface area contributed by atoms with Crippen molar-refractivity contribution in [2.24, 2.45) is 5.73 Å². The maximum Gasteiger partial charge on any atom is 0.405 e. The third-order valence-electron chi connectivity index (χ3n) is 4.23. The van der Waals surface area contributed by atoms with Crippen LogP contribution in [0.1, 0.15) is 22.9 Å². The fourth-order valence-electron chi connectivity index (χ4n) is 2.96. The van der Waals surface area contributed by atoms with Gasteiger partial charge < -0.3 is 15.8 Å². The largest absolute Gasteiger partial charge is 0.435 e. The van der Waals surface area contributed by atoms with E-state index in [-0.39, 0.29) is 0 Å². The summed E-state index contributed by atoms with van der Waals surface area (Å²) in [6, 6.07) is 19.5. The zero-order valence-electron chi connectivity index (χ0n) is 14.8. The van der Waals surface area contributed by atoms with Crippen LogP contribution in [0.2, 0.25) is 0 Å². The van der Waals surface area contributed by atoms with Crippen LogP contribution in [0.5, 0.6) is 0 Å². The molecule has 0 aliphatic rings.